The summed E-state index contributed by atoms with van der Waals surface area (Å²) >= 11 is 0. The first kappa shape index (κ1) is 25.3. The summed E-state index contributed by atoms with van der Waals surface area (Å²) in [7, 11) is 0. The molecule has 174 valence electrons. The Morgan fingerprint density at radius 1 is 1.10 bits per heavy atom. The number of aryl methyl sites for hydroxylation is 1. The molecule has 1 saturated carbocycles. The van der Waals surface area contributed by atoms with Gasteiger partial charge in [-0.2, -0.15) is 0 Å². The number of aliphatic hydroxyl groups excluding tert-OH is 2. The molecule has 1 fully saturated rings. The van der Waals surface area contributed by atoms with Gasteiger partial charge in [-0.15, -0.1) is 0 Å². The van der Waals surface area contributed by atoms with Crippen LogP contribution in [-0.4, -0.2) is 44.4 Å². The maximum atomic E-state index is 13.7. The Morgan fingerprint density at radius 3 is 2.55 bits per heavy atom. The Morgan fingerprint density at radius 2 is 1.84 bits per heavy atom. The summed E-state index contributed by atoms with van der Waals surface area (Å²) in [5, 5.41) is 42.2. The second-order valence-electron chi connectivity index (χ2n) is 8.69. The Bertz CT molecular complexity index is 711. The van der Waals surface area contributed by atoms with E-state index in [1.807, 2.05) is 6.07 Å². The zero-order valence-corrected chi connectivity index (χ0v) is 18.1. The van der Waals surface area contributed by atoms with Crippen molar-refractivity contribution in [1.29, 1.82) is 0 Å². The first-order valence-electron chi connectivity index (χ1n) is 11.4. The van der Waals surface area contributed by atoms with Crippen molar-refractivity contribution in [2.45, 2.75) is 89.3 Å². The first-order chi connectivity index (χ1) is 14.9. The van der Waals surface area contributed by atoms with Gasteiger partial charge in [0.25, 0.3) is 0 Å². The van der Waals surface area contributed by atoms with Crippen LogP contribution >= 0.6 is 0 Å². The van der Waals surface area contributed by atoms with Crippen LogP contribution < -0.4 is 0 Å². The molecule has 0 spiro atoms. The smallest absolute Gasteiger partial charge is 0.303 e. The number of oxime groups is 1. The number of rotatable bonds is 14. The van der Waals surface area contributed by atoms with Crippen LogP contribution in [-0.2, 0) is 11.2 Å². The predicted octanol–water partition coefficient (Wildman–Crippen LogP) is 4.54. The molecule has 0 bridgehead atoms. The van der Waals surface area contributed by atoms with Gasteiger partial charge in [0.1, 0.15) is 5.82 Å². The average Bonchev–Trinajstić information content (AvgIpc) is 3.04. The molecule has 1 aliphatic carbocycles. The average molecular weight is 438 g/mol. The number of aliphatic hydroxyl groups is 2. The van der Waals surface area contributed by atoms with Crippen LogP contribution in [0.3, 0.4) is 0 Å². The molecule has 0 saturated heterocycles. The molecular weight excluding hydrogens is 401 g/mol. The predicted molar refractivity (Wildman–Crippen MR) is 117 cm³/mol. The van der Waals surface area contributed by atoms with E-state index in [1.165, 1.54) is 6.07 Å². The minimum Gasteiger partial charge on any atom is -0.481 e. The number of carbonyl (C=O) groups is 1. The van der Waals surface area contributed by atoms with Crippen molar-refractivity contribution in [2.75, 3.05) is 0 Å². The SMILES string of the molecule is O=C(O)CCCCCC[C@H]1[C@@H](O)C/C(=N/O)[C@@H]1CC[C@@H](O)CCCc1ccccc1F. The fraction of sp³-hybridized carbons (Fsp3) is 0.667. The Hall–Kier alpha value is -1.99. The summed E-state index contributed by atoms with van der Waals surface area (Å²) in [6.07, 6.45) is 6.61. The molecule has 6 nitrogen and oxygen atoms in total. The number of benzene rings is 1. The van der Waals surface area contributed by atoms with Gasteiger partial charge >= 0.3 is 5.97 Å². The van der Waals surface area contributed by atoms with Gasteiger partial charge in [-0.25, -0.2) is 4.39 Å². The summed E-state index contributed by atoms with van der Waals surface area (Å²) in [6.45, 7) is 0. The quantitative estimate of drug-likeness (QED) is 0.194. The van der Waals surface area contributed by atoms with Crippen LogP contribution in [0.4, 0.5) is 4.39 Å². The van der Waals surface area contributed by atoms with E-state index < -0.39 is 18.2 Å². The zero-order valence-electron chi connectivity index (χ0n) is 18.1. The highest BCUT2D eigenvalue weighted by atomic mass is 19.1. The molecule has 7 heteroatoms. The number of carboxylic acids is 1. The van der Waals surface area contributed by atoms with Gasteiger partial charge in [0, 0.05) is 18.8 Å². The third-order valence-corrected chi connectivity index (χ3v) is 6.42. The number of halogens is 1. The van der Waals surface area contributed by atoms with E-state index in [9.17, 15) is 24.6 Å². The summed E-state index contributed by atoms with van der Waals surface area (Å²) in [4.78, 5) is 10.6. The highest BCUT2D eigenvalue weighted by Crippen LogP contribution is 2.37. The lowest BCUT2D eigenvalue weighted by molar-refractivity contribution is -0.137. The first-order valence-corrected chi connectivity index (χ1v) is 11.4. The lowest BCUT2D eigenvalue weighted by atomic mass is 9.84. The standard InChI is InChI=1S/C24H36FNO5/c25-21-12-6-5-8-17(21)9-7-10-18(27)14-15-19-20(23(28)16-22(19)26-31)11-3-1-2-4-13-24(29)30/h5-6,8,12,18-20,23,27-28,31H,1-4,7,9-11,13-16H2,(H,29,30)/b26-22-/t18-,19+,20+,23-/m0/s1. The molecular formula is C24H36FNO5. The van der Waals surface area contributed by atoms with Gasteiger partial charge < -0.3 is 20.5 Å². The monoisotopic (exact) mass is 437 g/mol. The lowest BCUT2D eigenvalue weighted by Crippen LogP contribution is -2.22. The molecule has 0 radical (unpaired) electrons. The fourth-order valence-corrected chi connectivity index (χ4v) is 4.68. The Balaban J connectivity index is 1.74. The fourth-order valence-electron chi connectivity index (χ4n) is 4.68. The van der Waals surface area contributed by atoms with Crippen LogP contribution in [0.15, 0.2) is 29.4 Å². The van der Waals surface area contributed by atoms with Crippen molar-refractivity contribution in [3.05, 3.63) is 35.6 Å². The maximum Gasteiger partial charge on any atom is 0.303 e. The number of unbranched alkanes of at least 4 members (excludes halogenated alkanes) is 3. The van der Waals surface area contributed by atoms with E-state index in [0.29, 0.717) is 56.2 Å². The number of carboxylic acid groups (broad SMARTS) is 1. The van der Waals surface area contributed by atoms with Crippen molar-refractivity contribution < 1.29 is 29.7 Å². The van der Waals surface area contributed by atoms with Gasteiger partial charge in [0.05, 0.1) is 17.9 Å². The van der Waals surface area contributed by atoms with Crippen molar-refractivity contribution in [1.82, 2.24) is 0 Å². The van der Waals surface area contributed by atoms with Crippen LogP contribution in [0, 0.1) is 17.7 Å². The minimum atomic E-state index is -0.775. The summed E-state index contributed by atoms with van der Waals surface area (Å²) < 4.78 is 13.7. The molecule has 2 rings (SSSR count). The topological polar surface area (TPSA) is 110 Å². The number of nitrogens with zero attached hydrogens (tertiary/aromatic N) is 1. The van der Waals surface area contributed by atoms with Crippen molar-refractivity contribution in [3.63, 3.8) is 0 Å². The third kappa shape index (κ3) is 8.57. The van der Waals surface area contributed by atoms with E-state index in [2.05, 4.69) is 5.16 Å². The van der Waals surface area contributed by atoms with Crippen molar-refractivity contribution in [3.8, 4) is 0 Å². The maximum absolute atomic E-state index is 13.7. The second-order valence-corrected chi connectivity index (χ2v) is 8.69. The van der Waals surface area contributed by atoms with Crippen LogP contribution in [0.1, 0.15) is 76.2 Å². The summed E-state index contributed by atoms with van der Waals surface area (Å²) in [6, 6.07) is 6.68. The normalized spacial score (nSPS) is 23.3. The Kier molecular flexibility index (Phi) is 10.9. The number of hydrogen-bond acceptors (Lipinski definition) is 5. The molecule has 1 aromatic carbocycles. The highest BCUT2D eigenvalue weighted by molar-refractivity contribution is 5.89. The molecule has 31 heavy (non-hydrogen) atoms. The molecule has 1 aromatic rings. The largest absolute Gasteiger partial charge is 0.481 e. The van der Waals surface area contributed by atoms with Crippen molar-refractivity contribution in [2.24, 2.45) is 17.0 Å². The summed E-state index contributed by atoms with van der Waals surface area (Å²) in [5.74, 6) is -1.05. The minimum absolute atomic E-state index is 0.00371. The van der Waals surface area contributed by atoms with E-state index in [1.54, 1.807) is 12.1 Å². The van der Waals surface area contributed by atoms with E-state index in [0.717, 1.165) is 25.7 Å². The van der Waals surface area contributed by atoms with Gasteiger partial charge in [0.15, 0.2) is 0 Å². The number of aliphatic carboxylic acids is 1. The number of hydrogen-bond donors (Lipinski definition) is 4. The summed E-state index contributed by atoms with van der Waals surface area (Å²) in [5.41, 5.74) is 1.26. The van der Waals surface area contributed by atoms with Gasteiger partial charge in [-0.05, 0) is 62.5 Å². The van der Waals surface area contributed by atoms with Crippen LogP contribution in [0.2, 0.25) is 0 Å². The zero-order chi connectivity index (χ0) is 22.6. The van der Waals surface area contributed by atoms with E-state index >= 15 is 0 Å². The second kappa shape index (κ2) is 13.4. The molecule has 4 N–H and O–H groups in total. The molecule has 0 aromatic heterocycles. The van der Waals surface area contributed by atoms with Crippen LogP contribution in [0.5, 0.6) is 0 Å². The molecule has 4 atom stereocenters. The lowest BCUT2D eigenvalue weighted by Gasteiger charge is -2.23. The molecule has 0 heterocycles. The van der Waals surface area contributed by atoms with Gasteiger partial charge in [-0.1, -0.05) is 42.6 Å². The van der Waals surface area contributed by atoms with Crippen LogP contribution in [0.25, 0.3) is 0 Å². The Labute approximate surface area is 183 Å². The molecule has 1 aliphatic rings. The molecule has 0 amide bonds. The van der Waals surface area contributed by atoms with E-state index in [4.69, 9.17) is 5.11 Å². The molecule has 0 aliphatic heterocycles. The van der Waals surface area contributed by atoms with E-state index in [-0.39, 0.29) is 24.1 Å². The molecule has 0 unspecified atom stereocenters. The highest BCUT2D eigenvalue weighted by Gasteiger charge is 2.39. The van der Waals surface area contributed by atoms with Gasteiger partial charge in [-0.3, -0.25) is 4.79 Å². The van der Waals surface area contributed by atoms with Crippen molar-refractivity contribution >= 4 is 11.7 Å². The third-order valence-electron chi connectivity index (χ3n) is 6.42. The van der Waals surface area contributed by atoms with Gasteiger partial charge in [0.2, 0.25) is 0 Å².